The number of nitrogens with zero attached hydrogens (tertiary/aromatic N) is 2. The fourth-order valence-corrected chi connectivity index (χ4v) is 3.28. The van der Waals surface area contributed by atoms with E-state index in [9.17, 15) is 13.6 Å². The largest absolute Gasteiger partial charge is 0.493 e. The molecule has 146 valence electrons. The zero-order valence-electron chi connectivity index (χ0n) is 15.1. The highest BCUT2D eigenvalue weighted by atomic mass is 19.3. The van der Waals surface area contributed by atoms with E-state index >= 15 is 0 Å². The summed E-state index contributed by atoms with van der Waals surface area (Å²) in [6.07, 6.45) is 3.69. The molecular weight excluding hydrogens is 358 g/mol. The average Bonchev–Trinajstić information content (AvgIpc) is 3.28. The van der Waals surface area contributed by atoms with E-state index in [0.29, 0.717) is 18.7 Å². The van der Waals surface area contributed by atoms with Crippen molar-refractivity contribution >= 4 is 5.91 Å². The first-order valence-electron chi connectivity index (χ1n) is 8.56. The Hall–Kier alpha value is -2.68. The number of amides is 1. The van der Waals surface area contributed by atoms with Crippen molar-refractivity contribution in [1.82, 2.24) is 20.4 Å². The molecule has 9 heteroatoms. The molecule has 2 N–H and O–H groups in total. The number of carbonyl (C=O) groups is 1. The number of carbonyl (C=O) groups excluding carboxylic acids is 1. The fraction of sp³-hybridized carbons (Fsp3) is 0.444. The predicted molar refractivity (Wildman–Crippen MR) is 93.8 cm³/mol. The number of nitrogens with one attached hydrogen (secondary N) is 2. The molecule has 2 atom stereocenters. The maximum atomic E-state index is 12.6. The van der Waals surface area contributed by atoms with Crippen LogP contribution in [-0.2, 0) is 18.4 Å². The summed E-state index contributed by atoms with van der Waals surface area (Å²) < 4.78 is 36.3. The number of alkyl halides is 2. The van der Waals surface area contributed by atoms with E-state index in [-0.39, 0.29) is 35.8 Å². The molecule has 3 rings (SSSR count). The molecule has 1 amide bonds. The lowest BCUT2D eigenvalue weighted by Crippen LogP contribution is -2.33. The molecule has 0 saturated carbocycles. The minimum atomic E-state index is -2.95. The van der Waals surface area contributed by atoms with Gasteiger partial charge >= 0.3 is 6.61 Å². The first kappa shape index (κ1) is 19.1. The van der Waals surface area contributed by atoms with E-state index < -0.39 is 6.61 Å². The van der Waals surface area contributed by atoms with Gasteiger partial charge in [-0.25, -0.2) is 0 Å². The van der Waals surface area contributed by atoms with Crippen molar-refractivity contribution in [1.29, 1.82) is 0 Å². The van der Waals surface area contributed by atoms with Crippen molar-refractivity contribution in [2.24, 2.45) is 13.0 Å². The lowest BCUT2D eigenvalue weighted by atomic mass is 9.90. The fourth-order valence-electron chi connectivity index (χ4n) is 3.28. The van der Waals surface area contributed by atoms with Crippen LogP contribution in [0.4, 0.5) is 8.78 Å². The SMILES string of the molecule is COc1ccc(CNC(=O)[C@H]2CNC[C@@H]2c2cnn(C)c2)cc1OC(F)F. The van der Waals surface area contributed by atoms with Gasteiger partial charge in [-0.15, -0.1) is 0 Å². The molecule has 1 aliphatic heterocycles. The van der Waals surface area contributed by atoms with Gasteiger partial charge in [0.2, 0.25) is 5.91 Å². The van der Waals surface area contributed by atoms with Crippen molar-refractivity contribution in [2.45, 2.75) is 19.1 Å². The van der Waals surface area contributed by atoms with Gasteiger partial charge in [0.15, 0.2) is 11.5 Å². The quantitative estimate of drug-likeness (QED) is 0.764. The Morgan fingerprint density at radius 2 is 2.22 bits per heavy atom. The lowest BCUT2D eigenvalue weighted by Gasteiger charge is -2.17. The molecular formula is C18H22F2N4O3. The average molecular weight is 380 g/mol. The van der Waals surface area contributed by atoms with Crippen LogP contribution in [0.5, 0.6) is 11.5 Å². The zero-order chi connectivity index (χ0) is 19.4. The topological polar surface area (TPSA) is 77.4 Å². The number of aromatic nitrogens is 2. The first-order valence-corrected chi connectivity index (χ1v) is 8.56. The van der Waals surface area contributed by atoms with Gasteiger partial charge < -0.3 is 20.1 Å². The summed E-state index contributed by atoms with van der Waals surface area (Å²) in [5, 5.41) is 10.3. The van der Waals surface area contributed by atoms with Crippen LogP contribution < -0.4 is 20.1 Å². The summed E-state index contributed by atoms with van der Waals surface area (Å²) in [5.74, 6) is -0.116. The standard InChI is InChI=1S/C18H22F2N4O3/c1-24-10-12(7-23-24)13-8-21-9-14(13)17(25)22-6-11-3-4-15(26-2)16(5-11)27-18(19)20/h3-5,7,10,13-14,18,21H,6,8-9H2,1-2H3,(H,22,25)/t13-,14+/m1/s1. The monoisotopic (exact) mass is 380 g/mol. The minimum absolute atomic E-state index is 0.0484. The summed E-state index contributed by atoms with van der Waals surface area (Å²) in [6, 6.07) is 4.68. The van der Waals surface area contributed by atoms with E-state index in [1.165, 1.54) is 19.2 Å². The summed E-state index contributed by atoms with van der Waals surface area (Å²) in [5.41, 5.74) is 1.66. The highest BCUT2D eigenvalue weighted by Crippen LogP contribution is 2.30. The Morgan fingerprint density at radius 1 is 1.41 bits per heavy atom. The van der Waals surface area contributed by atoms with Crippen molar-refractivity contribution in [3.63, 3.8) is 0 Å². The van der Waals surface area contributed by atoms with Crippen LogP contribution in [0.1, 0.15) is 17.0 Å². The van der Waals surface area contributed by atoms with Crippen LogP contribution in [-0.4, -0.2) is 42.5 Å². The second kappa shape index (κ2) is 8.34. The summed E-state index contributed by atoms with van der Waals surface area (Å²) in [7, 11) is 3.21. The van der Waals surface area contributed by atoms with E-state index in [1.54, 1.807) is 16.9 Å². The molecule has 1 fully saturated rings. The Bertz CT molecular complexity index is 797. The van der Waals surface area contributed by atoms with Gasteiger partial charge in [-0.3, -0.25) is 9.48 Å². The van der Waals surface area contributed by atoms with Crippen molar-refractivity contribution in [3.05, 3.63) is 41.7 Å². The van der Waals surface area contributed by atoms with Gasteiger partial charge in [-0.1, -0.05) is 6.07 Å². The zero-order valence-corrected chi connectivity index (χ0v) is 15.1. The van der Waals surface area contributed by atoms with Crippen molar-refractivity contribution in [2.75, 3.05) is 20.2 Å². The van der Waals surface area contributed by atoms with Crippen molar-refractivity contribution < 1.29 is 23.0 Å². The molecule has 0 unspecified atom stereocenters. The van der Waals surface area contributed by atoms with Crippen LogP contribution in [0.25, 0.3) is 0 Å². The molecule has 0 spiro atoms. The predicted octanol–water partition coefficient (Wildman–Crippen LogP) is 1.65. The molecule has 27 heavy (non-hydrogen) atoms. The van der Waals surface area contributed by atoms with Crippen LogP contribution in [0.3, 0.4) is 0 Å². The normalized spacial score (nSPS) is 19.3. The number of rotatable bonds is 7. The highest BCUT2D eigenvalue weighted by molar-refractivity contribution is 5.80. The molecule has 1 aromatic carbocycles. The number of halogens is 2. The second-order valence-corrected chi connectivity index (χ2v) is 6.40. The van der Waals surface area contributed by atoms with Crippen molar-refractivity contribution in [3.8, 4) is 11.5 Å². The van der Waals surface area contributed by atoms with E-state index in [0.717, 1.165) is 5.56 Å². The van der Waals surface area contributed by atoms with E-state index in [2.05, 4.69) is 20.5 Å². The Balaban J connectivity index is 1.64. The molecule has 2 aromatic rings. The lowest BCUT2D eigenvalue weighted by molar-refractivity contribution is -0.125. The minimum Gasteiger partial charge on any atom is -0.493 e. The number of benzene rings is 1. The maximum Gasteiger partial charge on any atom is 0.387 e. The molecule has 0 bridgehead atoms. The molecule has 0 radical (unpaired) electrons. The van der Waals surface area contributed by atoms with Gasteiger partial charge in [0.05, 0.1) is 19.2 Å². The summed E-state index contributed by atoms with van der Waals surface area (Å²) >= 11 is 0. The third-order valence-electron chi connectivity index (χ3n) is 4.61. The Morgan fingerprint density at radius 3 is 2.89 bits per heavy atom. The van der Waals surface area contributed by atoms with E-state index in [4.69, 9.17) is 4.74 Å². The van der Waals surface area contributed by atoms with Gasteiger partial charge in [-0.05, 0) is 23.3 Å². The number of hydrogen-bond donors (Lipinski definition) is 2. The van der Waals surface area contributed by atoms with Crippen LogP contribution in [0, 0.1) is 5.92 Å². The number of ether oxygens (including phenoxy) is 2. The highest BCUT2D eigenvalue weighted by Gasteiger charge is 2.34. The smallest absolute Gasteiger partial charge is 0.387 e. The molecule has 1 aliphatic rings. The van der Waals surface area contributed by atoms with Gasteiger partial charge in [-0.2, -0.15) is 13.9 Å². The Kier molecular flexibility index (Phi) is 5.90. The van der Waals surface area contributed by atoms with Crippen LogP contribution in [0.2, 0.25) is 0 Å². The van der Waals surface area contributed by atoms with Gasteiger partial charge in [0, 0.05) is 38.8 Å². The molecule has 0 aliphatic carbocycles. The number of hydrogen-bond acceptors (Lipinski definition) is 5. The third-order valence-corrected chi connectivity index (χ3v) is 4.61. The molecule has 1 aromatic heterocycles. The number of methoxy groups -OCH3 is 1. The second-order valence-electron chi connectivity index (χ2n) is 6.40. The van der Waals surface area contributed by atoms with Crippen LogP contribution >= 0.6 is 0 Å². The van der Waals surface area contributed by atoms with Gasteiger partial charge in [0.25, 0.3) is 0 Å². The maximum absolute atomic E-state index is 12.6. The molecule has 7 nitrogen and oxygen atoms in total. The van der Waals surface area contributed by atoms with Gasteiger partial charge in [0.1, 0.15) is 0 Å². The van der Waals surface area contributed by atoms with E-state index in [1.807, 2.05) is 13.2 Å². The van der Waals surface area contributed by atoms with Crippen LogP contribution in [0.15, 0.2) is 30.6 Å². The summed E-state index contributed by atoms with van der Waals surface area (Å²) in [6.45, 7) is -1.46. The first-order chi connectivity index (χ1) is 13.0. The third kappa shape index (κ3) is 4.54. The Labute approximate surface area is 155 Å². The molecule has 1 saturated heterocycles. The number of aryl methyl sites for hydroxylation is 1. The summed E-state index contributed by atoms with van der Waals surface area (Å²) in [4.78, 5) is 12.6. The molecule has 2 heterocycles.